The van der Waals surface area contributed by atoms with Crippen LogP contribution in [0.4, 0.5) is 17.7 Å². The molecule has 1 N–H and O–H groups in total. The van der Waals surface area contributed by atoms with Gasteiger partial charge in [-0.05, 0) is 19.1 Å². The molecule has 18 heavy (non-hydrogen) atoms. The Labute approximate surface area is 105 Å². The topological polar surface area (TPSA) is 84.7 Å². The summed E-state index contributed by atoms with van der Waals surface area (Å²) < 4.78 is 0. The number of nitrogens with one attached hydrogen (secondary N) is 1. The zero-order chi connectivity index (χ0) is 13.1. The van der Waals surface area contributed by atoms with Gasteiger partial charge in [0, 0.05) is 25.9 Å². The Hall–Kier alpha value is -2.25. The smallest absolute Gasteiger partial charge is 0.270 e. The maximum Gasteiger partial charge on any atom is 0.270 e. The molecule has 0 atom stereocenters. The van der Waals surface area contributed by atoms with Crippen LogP contribution in [0.5, 0.6) is 0 Å². The maximum absolute atomic E-state index is 4.39. The Kier molecular flexibility index (Phi) is 3.35. The van der Waals surface area contributed by atoms with Crippen molar-refractivity contribution in [3.63, 3.8) is 0 Å². The van der Waals surface area contributed by atoms with Crippen molar-refractivity contribution in [2.75, 3.05) is 24.3 Å². The van der Waals surface area contributed by atoms with Crippen molar-refractivity contribution in [3.8, 4) is 0 Å². The Balaban J connectivity index is 2.21. The van der Waals surface area contributed by atoms with Crippen molar-refractivity contribution in [1.82, 2.24) is 30.2 Å². The van der Waals surface area contributed by atoms with Gasteiger partial charge in [-0.15, -0.1) is 5.10 Å². The van der Waals surface area contributed by atoms with Gasteiger partial charge in [-0.2, -0.15) is 9.78 Å². The first-order valence-electron chi connectivity index (χ1n) is 5.66. The van der Waals surface area contributed by atoms with Crippen LogP contribution in [0.25, 0.3) is 0 Å². The SMILES string of the molecule is CCn1nnc(Nc2ncc(C)c(N(C)C)n2)n1. The lowest BCUT2D eigenvalue weighted by Gasteiger charge is -2.14. The van der Waals surface area contributed by atoms with E-state index in [1.54, 1.807) is 6.20 Å². The number of aromatic nitrogens is 6. The molecule has 2 heterocycles. The molecule has 0 spiro atoms. The van der Waals surface area contributed by atoms with E-state index in [-0.39, 0.29) is 0 Å². The van der Waals surface area contributed by atoms with E-state index in [0.717, 1.165) is 11.4 Å². The van der Waals surface area contributed by atoms with Crippen molar-refractivity contribution in [2.24, 2.45) is 0 Å². The zero-order valence-corrected chi connectivity index (χ0v) is 10.9. The Bertz CT molecular complexity index is 532. The molecular formula is C10H16N8. The van der Waals surface area contributed by atoms with Gasteiger partial charge in [0.1, 0.15) is 5.82 Å². The molecule has 96 valence electrons. The summed E-state index contributed by atoms with van der Waals surface area (Å²) in [5.41, 5.74) is 1.01. The molecule has 0 aromatic carbocycles. The number of nitrogens with zero attached hydrogens (tertiary/aromatic N) is 7. The molecular weight excluding hydrogens is 232 g/mol. The molecule has 0 saturated heterocycles. The fourth-order valence-corrected chi connectivity index (χ4v) is 1.47. The molecule has 8 heteroatoms. The van der Waals surface area contributed by atoms with Crippen molar-refractivity contribution < 1.29 is 0 Å². The number of rotatable bonds is 4. The van der Waals surface area contributed by atoms with Gasteiger partial charge in [0.25, 0.3) is 5.95 Å². The van der Waals surface area contributed by atoms with Gasteiger partial charge in [0.05, 0.1) is 6.54 Å². The van der Waals surface area contributed by atoms with E-state index in [1.807, 2.05) is 32.8 Å². The summed E-state index contributed by atoms with van der Waals surface area (Å²) in [5, 5.41) is 14.7. The highest BCUT2D eigenvalue weighted by Gasteiger charge is 2.08. The van der Waals surface area contributed by atoms with Crippen molar-refractivity contribution in [2.45, 2.75) is 20.4 Å². The fraction of sp³-hybridized carbons (Fsp3) is 0.500. The molecule has 0 amide bonds. The second kappa shape index (κ2) is 4.94. The average Bonchev–Trinajstić information content (AvgIpc) is 2.79. The summed E-state index contributed by atoms with van der Waals surface area (Å²) in [6.07, 6.45) is 1.76. The molecule has 0 aliphatic heterocycles. The van der Waals surface area contributed by atoms with Crippen LogP contribution in [0.2, 0.25) is 0 Å². The van der Waals surface area contributed by atoms with Crippen LogP contribution in [0, 0.1) is 6.92 Å². The molecule has 0 fully saturated rings. The van der Waals surface area contributed by atoms with Gasteiger partial charge < -0.3 is 4.90 Å². The highest BCUT2D eigenvalue weighted by molar-refractivity contribution is 5.50. The average molecular weight is 248 g/mol. The molecule has 2 rings (SSSR count). The minimum absolute atomic E-state index is 0.394. The molecule has 0 aliphatic rings. The lowest BCUT2D eigenvalue weighted by atomic mass is 10.3. The van der Waals surface area contributed by atoms with E-state index in [9.17, 15) is 0 Å². The quantitative estimate of drug-likeness (QED) is 0.848. The fourth-order valence-electron chi connectivity index (χ4n) is 1.47. The van der Waals surface area contributed by atoms with E-state index in [2.05, 4.69) is 30.7 Å². The van der Waals surface area contributed by atoms with Crippen molar-refractivity contribution in [3.05, 3.63) is 11.8 Å². The lowest BCUT2D eigenvalue weighted by molar-refractivity contribution is 0.553. The van der Waals surface area contributed by atoms with Crippen LogP contribution in [0.3, 0.4) is 0 Å². The van der Waals surface area contributed by atoms with Crippen LogP contribution in [-0.4, -0.2) is 44.3 Å². The minimum Gasteiger partial charge on any atom is -0.362 e. The largest absolute Gasteiger partial charge is 0.362 e. The third-order valence-corrected chi connectivity index (χ3v) is 2.33. The van der Waals surface area contributed by atoms with Crippen LogP contribution < -0.4 is 10.2 Å². The zero-order valence-electron chi connectivity index (χ0n) is 10.9. The minimum atomic E-state index is 0.394. The molecule has 2 aromatic heterocycles. The number of aryl methyl sites for hydroxylation is 2. The number of hydrogen-bond acceptors (Lipinski definition) is 7. The standard InChI is InChI=1S/C10H16N8/c1-5-18-15-10(14-16-18)13-9-11-6-7(2)8(12-9)17(3)4/h6H,5H2,1-4H3,(H,11,12,13,15). The van der Waals surface area contributed by atoms with Crippen LogP contribution >= 0.6 is 0 Å². The number of hydrogen-bond donors (Lipinski definition) is 1. The summed E-state index contributed by atoms with van der Waals surface area (Å²) in [7, 11) is 3.87. The Morgan fingerprint density at radius 2 is 2.11 bits per heavy atom. The molecule has 0 saturated carbocycles. The van der Waals surface area contributed by atoms with Crippen LogP contribution in [0.1, 0.15) is 12.5 Å². The third kappa shape index (κ3) is 2.53. The lowest BCUT2D eigenvalue weighted by Crippen LogP contribution is -2.14. The van der Waals surface area contributed by atoms with Crippen LogP contribution in [-0.2, 0) is 6.54 Å². The van der Waals surface area contributed by atoms with Gasteiger partial charge in [0.2, 0.25) is 5.95 Å². The summed E-state index contributed by atoms with van der Waals surface area (Å²) in [6, 6.07) is 0. The molecule has 2 aromatic rings. The summed E-state index contributed by atoms with van der Waals surface area (Å²) >= 11 is 0. The number of anilines is 3. The highest BCUT2D eigenvalue weighted by atomic mass is 15.6. The second-order valence-corrected chi connectivity index (χ2v) is 4.02. The molecule has 0 bridgehead atoms. The second-order valence-electron chi connectivity index (χ2n) is 4.02. The molecule has 0 radical (unpaired) electrons. The van der Waals surface area contributed by atoms with E-state index in [4.69, 9.17) is 0 Å². The molecule has 8 nitrogen and oxygen atoms in total. The van der Waals surface area contributed by atoms with Gasteiger partial charge in [-0.1, -0.05) is 5.10 Å². The van der Waals surface area contributed by atoms with E-state index in [0.29, 0.717) is 18.4 Å². The van der Waals surface area contributed by atoms with Crippen LogP contribution in [0.15, 0.2) is 6.20 Å². The van der Waals surface area contributed by atoms with Gasteiger partial charge in [-0.3, -0.25) is 5.32 Å². The summed E-state index contributed by atoms with van der Waals surface area (Å²) in [4.78, 5) is 12.0. The van der Waals surface area contributed by atoms with Crippen molar-refractivity contribution in [1.29, 1.82) is 0 Å². The highest BCUT2D eigenvalue weighted by Crippen LogP contribution is 2.16. The Morgan fingerprint density at radius 1 is 1.33 bits per heavy atom. The Morgan fingerprint density at radius 3 is 2.72 bits per heavy atom. The predicted molar refractivity (Wildman–Crippen MR) is 67.9 cm³/mol. The van der Waals surface area contributed by atoms with E-state index < -0.39 is 0 Å². The van der Waals surface area contributed by atoms with E-state index >= 15 is 0 Å². The predicted octanol–water partition coefficient (Wildman–Crippen LogP) is 0.601. The van der Waals surface area contributed by atoms with Gasteiger partial charge >= 0.3 is 0 Å². The normalized spacial score (nSPS) is 10.4. The molecule has 0 unspecified atom stereocenters. The third-order valence-electron chi connectivity index (χ3n) is 2.33. The first-order chi connectivity index (χ1) is 8.60. The summed E-state index contributed by atoms with van der Waals surface area (Å²) in [6.45, 7) is 4.58. The van der Waals surface area contributed by atoms with Gasteiger partial charge in [0.15, 0.2) is 0 Å². The number of tetrazole rings is 1. The summed E-state index contributed by atoms with van der Waals surface area (Å²) in [5.74, 6) is 1.71. The maximum atomic E-state index is 4.39. The first-order valence-corrected chi connectivity index (χ1v) is 5.66. The van der Waals surface area contributed by atoms with Gasteiger partial charge in [-0.25, -0.2) is 4.98 Å². The van der Waals surface area contributed by atoms with E-state index in [1.165, 1.54) is 4.80 Å². The van der Waals surface area contributed by atoms with Crippen molar-refractivity contribution >= 4 is 17.7 Å². The molecule has 0 aliphatic carbocycles. The monoisotopic (exact) mass is 248 g/mol. The first kappa shape index (κ1) is 12.2.